The summed E-state index contributed by atoms with van der Waals surface area (Å²) >= 11 is 1.52. The van der Waals surface area contributed by atoms with Crippen molar-refractivity contribution in [3.05, 3.63) is 17.0 Å². The lowest BCUT2D eigenvalue weighted by Gasteiger charge is -2.33. The Morgan fingerprint density at radius 3 is 2.41 bits per heavy atom. The van der Waals surface area contributed by atoms with Crippen molar-refractivity contribution >= 4 is 27.7 Å². The first kappa shape index (κ1) is 17.3. The van der Waals surface area contributed by atoms with E-state index in [2.05, 4.69) is 5.16 Å². The summed E-state index contributed by atoms with van der Waals surface area (Å²) in [4.78, 5) is 13.9. The first-order chi connectivity index (χ1) is 10.3. The maximum absolute atomic E-state index is 12.2. The first-order valence-corrected chi connectivity index (χ1v) is 10.0. The average Bonchev–Trinajstić information content (AvgIpc) is 2.78. The number of thioether (sulfide) groups is 1. The van der Waals surface area contributed by atoms with Gasteiger partial charge < -0.3 is 9.42 Å². The van der Waals surface area contributed by atoms with Gasteiger partial charge in [-0.05, 0) is 13.8 Å². The van der Waals surface area contributed by atoms with Gasteiger partial charge in [-0.25, -0.2) is 8.42 Å². The molecular formula is C13H21N3O4S2. The Labute approximate surface area is 135 Å². The highest BCUT2D eigenvalue weighted by molar-refractivity contribution is 7.99. The standard InChI is InChI=1S/C13H21N3O4S2/c1-10-12(11(2)20-14-10)8-21-9-13(17)15-4-6-16(7-5-15)22(3,18)19/h4-9H2,1-3H3. The zero-order valence-corrected chi connectivity index (χ0v) is 14.7. The summed E-state index contributed by atoms with van der Waals surface area (Å²) in [5.41, 5.74) is 1.90. The van der Waals surface area contributed by atoms with E-state index in [1.54, 1.807) is 4.90 Å². The van der Waals surface area contributed by atoms with Crippen LogP contribution in [0.3, 0.4) is 0 Å². The highest BCUT2D eigenvalue weighted by Crippen LogP contribution is 2.20. The van der Waals surface area contributed by atoms with Gasteiger partial charge in [0.15, 0.2) is 0 Å². The molecule has 0 atom stereocenters. The van der Waals surface area contributed by atoms with E-state index in [1.165, 1.54) is 22.3 Å². The Bertz CT molecular complexity index is 614. The number of aromatic nitrogens is 1. The number of hydrogen-bond acceptors (Lipinski definition) is 6. The third-order valence-corrected chi connectivity index (χ3v) is 5.96. The van der Waals surface area contributed by atoms with Crippen LogP contribution in [0.4, 0.5) is 0 Å². The van der Waals surface area contributed by atoms with E-state index in [1.807, 2.05) is 13.8 Å². The Morgan fingerprint density at radius 2 is 1.91 bits per heavy atom. The van der Waals surface area contributed by atoms with Gasteiger partial charge in [-0.3, -0.25) is 4.79 Å². The van der Waals surface area contributed by atoms with Crippen LogP contribution in [-0.4, -0.2) is 66.9 Å². The Balaban J connectivity index is 1.77. The lowest BCUT2D eigenvalue weighted by atomic mass is 10.2. The van der Waals surface area contributed by atoms with Crippen LogP contribution < -0.4 is 0 Å². The van der Waals surface area contributed by atoms with Crippen LogP contribution >= 0.6 is 11.8 Å². The van der Waals surface area contributed by atoms with E-state index in [0.29, 0.717) is 37.7 Å². The highest BCUT2D eigenvalue weighted by Gasteiger charge is 2.25. The smallest absolute Gasteiger partial charge is 0.232 e. The second-order valence-corrected chi connectivity index (χ2v) is 8.31. The molecule has 1 aromatic rings. The molecule has 1 amide bonds. The maximum Gasteiger partial charge on any atom is 0.232 e. The average molecular weight is 347 g/mol. The van der Waals surface area contributed by atoms with Crippen molar-refractivity contribution in [2.45, 2.75) is 19.6 Å². The molecule has 0 bridgehead atoms. The summed E-state index contributed by atoms with van der Waals surface area (Å²) in [6, 6.07) is 0. The van der Waals surface area contributed by atoms with Gasteiger partial charge in [0.2, 0.25) is 15.9 Å². The Hall–Kier alpha value is -1.06. The van der Waals surface area contributed by atoms with Gasteiger partial charge in [-0.15, -0.1) is 11.8 Å². The van der Waals surface area contributed by atoms with Crippen LogP contribution in [0.1, 0.15) is 17.0 Å². The first-order valence-electron chi connectivity index (χ1n) is 7.01. The number of amides is 1. The van der Waals surface area contributed by atoms with Crippen molar-refractivity contribution in [3.63, 3.8) is 0 Å². The molecule has 1 fully saturated rings. The molecule has 0 saturated carbocycles. The van der Waals surface area contributed by atoms with Crippen LogP contribution in [0.5, 0.6) is 0 Å². The minimum Gasteiger partial charge on any atom is -0.361 e. The minimum absolute atomic E-state index is 0.0462. The number of hydrogen-bond donors (Lipinski definition) is 0. The van der Waals surface area contributed by atoms with Crippen molar-refractivity contribution in [2.75, 3.05) is 38.2 Å². The van der Waals surface area contributed by atoms with E-state index < -0.39 is 10.0 Å². The fourth-order valence-corrected chi connectivity index (χ4v) is 4.21. The van der Waals surface area contributed by atoms with Crippen molar-refractivity contribution in [2.24, 2.45) is 0 Å². The second kappa shape index (κ2) is 7.01. The van der Waals surface area contributed by atoms with E-state index in [-0.39, 0.29) is 5.91 Å². The third kappa shape index (κ3) is 4.23. The van der Waals surface area contributed by atoms with Gasteiger partial charge in [-0.2, -0.15) is 4.31 Å². The van der Waals surface area contributed by atoms with Crippen LogP contribution in [0.15, 0.2) is 4.52 Å². The maximum atomic E-state index is 12.2. The lowest BCUT2D eigenvalue weighted by molar-refractivity contribution is -0.129. The van der Waals surface area contributed by atoms with Crippen molar-refractivity contribution in [3.8, 4) is 0 Å². The molecule has 22 heavy (non-hydrogen) atoms. The third-order valence-electron chi connectivity index (χ3n) is 3.71. The minimum atomic E-state index is -3.16. The van der Waals surface area contributed by atoms with Crippen molar-refractivity contribution in [1.29, 1.82) is 0 Å². The molecule has 7 nitrogen and oxygen atoms in total. The molecule has 2 rings (SSSR count). The zero-order chi connectivity index (χ0) is 16.3. The zero-order valence-electron chi connectivity index (χ0n) is 13.0. The molecule has 0 unspecified atom stereocenters. The molecule has 1 aliphatic heterocycles. The number of piperazine rings is 1. The van der Waals surface area contributed by atoms with Gasteiger partial charge in [0.1, 0.15) is 5.76 Å². The van der Waals surface area contributed by atoms with Gasteiger partial charge in [0.05, 0.1) is 17.7 Å². The van der Waals surface area contributed by atoms with E-state index in [9.17, 15) is 13.2 Å². The van der Waals surface area contributed by atoms with Gasteiger partial charge in [0.25, 0.3) is 0 Å². The molecule has 0 N–H and O–H groups in total. The van der Waals surface area contributed by atoms with Crippen LogP contribution in [0.25, 0.3) is 0 Å². The number of aryl methyl sites for hydroxylation is 2. The fourth-order valence-electron chi connectivity index (χ4n) is 2.31. The Kier molecular flexibility index (Phi) is 5.51. The summed E-state index contributed by atoms with van der Waals surface area (Å²) in [5, 5.41) is 3.89. The summed E-state index contributed by atoms with van der Waals surface area (Å²) < 4.78 is 29.4. The van der Waals surface area contributed by atoms with E-state index in [0.717, 1.165) is 17.0 Å². The van der Waals surface area contributed by atoms with E-state index in [4.69, 9.17) is 4.52 Å². The molecule has 0 spiro atoms. The SMILES string of the molecule is Cc1noc(C)c1CSCC(=O)N1CCN(S(C)(=O)=O)CC1. The molecule has 124 valence electrons. The summed E-state index contributed by atoms with van der Waals surface area (Å²) in [7, 11) is -3.16. The molecule has 2 heterocycles. The topological polar surface area (TPSA) is 83.7 Å². The van der Waals surface area contributed by atoms with Crippen LogP contribution in [0, 0.1) is 13.8 Å². The molecule has 1 aliphatic rings. The lowest BCUT2D eigenvalue weighted by Crippen LogP contribution is -2.50. The predicted molar refractivity (Wildman–Crippen MR) is 85.1 cm³/mol. The van der Waals surface area contributed by atoms with Crippen LogP contribution in [0.2, 0.25) is 0 Å². The Morgan fingerprint density at radius 1 is 1.27 bits per heavy atom. The molecule has 1 aromatic heterocycles. The molecular weight excluding hydrogens is 326 g/mol. The summed E-state index contributed by atoms with van der Waals surface area (Å²) in [6.07, 6.45) is 1.20. The normalized spacial score (nSPS) is 17.0. The van der Waals surface area contributed by atoms with Crippen LogP contribution in [-0.2, 0) is 20.6 Å². The quantitative estimate of drug-likeness (QED) is 0.777. The number of carbonyl (C=O) groups is 1. The monoisotopic (exact) mass is 347 g/mol. The molecule has 9 heteroatoms. The number of rotatable bonds is 5. The second-order valence-electron chi connectivity index (χ2n) is 5.34. The van der Waals surface area contributed by atoms with Crippen molar-refractivity contribution in [1.82, 2.24) is 14.4 Å². The van der Waals surface area contributed by atoms with Gasteiger partial charge in [0, 0.05) is 37.5 Å². The number of carbonyl (C=O) groups excluding carboxylic acids is 1. The van der Waals surface area contributed by atoms with Gasteiger partial charge in [-0.1, -0.05) is 5.16 Å². The number of nitrogens with zero attached hydrogens (tertiary/aromatic N) is 3. The molecule has 1 saturated heterocycles. The predicted octanol–water partition coefficient (Wildman–Crippen LogP) is 0.628. The summed E-state index contributed by atoms with van der Waals surface area (Å²) in [5.74, 6) is 1.91. The highest BCUT2D eigenvalue weighted by atomic mass is 32.2. The largest absolute Gasteiger partial charge is 0.361 e. The van der Waals surface area contributed by atoms with Crippen molar-refractivity contribution < 1.29 is 17.7 Å². The van der Waals surface area contributed by atoms with E-state index >= 15 is 0 Å². The fraction of sp³-hybridized carbons (Fsp3) is 0.692. The molecule has 0 radical (unpaired) electrons. The number of sulfonamides is 1. The molecule has 0 aromatic carbocycles. The summed E-state index contributed by atoms with van der Waals surface area (Å²) in [6.45, 7) is 5.41. The van der Waals surface area contributed by atoms with Gasteiger partial charge >= 0.3 is 0 Å². The molecule has 0 aliphatic carbocycles.